The summed E-state index contributed by atoms with van der Waals surface area (Å²) < 4.78 is 0. The van der Waals surface area contributed by atoms with Crippen molar-refractivity contribution in [1.29, 1.82) is 0 Å². The largest absolute Gasteiger partial charge is 0.355 e. The highest BCUT2D eigenvalue weighted by molar-refractivity contribution is 5.79. The molecule has 0 aliphatic carbocycles. The molecule has 0 spiro atoms. The molecule has 1 atom stereocenters. The normalized spacial score (nSPS) is 22.5. The van der Waals surface area contributed by atoms with E-state index in [9.17, 15) is 4.79 Å². The van der Waals surface area contributed by atoms with Gasteiger partial charge in [0.2, 0.25) is 5.91 Å². The average Bonchev–Trinajstić information content (AvgIpc) is 2.27. The van der Waals surface area contributed by atoms with E-state index in [2.05, 4.69) is 31.4 Å². The zero-order valence-corrected chi connectivity index (χ0v) is 10.2. The van der Waals surface area contributed by atoms with Gasteiger partial charge in [0.05, 0.1) is 5.92 Å². The molecule has 3 heteroatoms. The van der Waals surface area contributed by atoms with E-state index in [1.807, 2.05) is 0 Å². The van der Waals surface area contributed by atoms with E-state index in [0.717, 1.165) is 38.9 Å². The summed E-state index contributed by atoms with van der Waals surface area (Å²) in [6, 6.07) is 0. The number of carbonyl (C=O) groups excluding carboxylic acids is 1. The minimum absolute atomic E-state index is 0.186. The van der Waals surface area contributed by atoms with Gasteiger partial charge in [-0.15, -0.1) is 0 Å². The molecule has 1 heterocycles. The monoisotopic (exact) mass is 212 g/mol. The standard InChI is InChI=1S/C12H24N2O/c1-4-12(2,3)9-14-11(15)10-6-5-7-13-8-10/h10,13H,4-9H2,1-3H3,(H,14,15)/t10-/m1/s1. The van der Waals surface area contributed by atoms with Crippen LogP contribution in [0.15, 0.2) is 0 Å². The Morgan fingerprint density at radius 3 is 2.80 bits per heavy atom. The summed E-state index contributed by atoms with van der Waals surface area (Å²) in [4.78, 5) is 11.8. The van der Waals surface area contributed by atoms with Crippen molar-refractivity contribution in [2.24, 2.45) is 11.3 Å². The molecule has 1 amide bonds. The fourth-order valence-electron chi connectivity index (χ4n) is 1.67. The van der Waals surface area contributed by atoms with E-state index < -0.39 is 0 Å². The van der Waals surface area contributed by atoms with Gasteiger partial charge in [0.1, 0.15) is 0 Å². The molecule has 1 aliphatic heterocycles. The second-order valence-corrected chi connectivity index (χ2v) is 5.28. The molecule has 0 unspecified atom stereocenters. The van der Waals surface area contributed by atoms with Gasteiger partial charge in [-0.25, -0.2) is 0 Å². The molecular weight excluding hydrogens is 188 g/mol. The third-order valence-electron chi connectivity index (χ3n) is 3.37. The summed E-state index contributed by atoms with van der Waals surface area (Å²) in [7, 11) is 0. The van der Waals surface area contributed by atoms with Crippen molar-refractivity contribution < 1.29 is 4.79 Å². The van der Waals surface area contributed by atoms with Crippen LogP contribution < -0.4 is 10.6 Å². The second kappa shape index (κ2) is 5.50. The third kappa shape index (κ3) is 4.20. The Labute approximate surface area is 93.0 Å². The zero-order chi connectivity index (χ0) is 11.3. The highest BCUT2D eigenvalue weighted by Gasteiger charge is 2.23. The predicted molar refractivity (Wildman–Crippen MR) is 62.7 cm³/mol. The van der Waals surface area contributed by atoms with Crippen LogP contribution in [0, 0.1) is 11.3 Å². The van der Waals surface area contributed by atoms with Crippen molar-refractivity contribution in [1.82, 2.24) is 10.6 Å². The quantitative estimate of drug-likeness (QED) is 0.742. The lowest BCUT2D eigenvalue weighted by atomic mass is 9.90. The predicted octanol–water partition coefficient (Wildman–Crippen LogP) is 1.54. The Bertz CT molecular complexity index is 208. The fourth-order valence-corrected chi connectivity index (χ4v) is 1.67. The molecule has 0 saturated carbocycles. The summed E-state index contributed by atoms with van der Waals surface area (Å²) in [5.74, 6) is 0.412. The third-order valence-corrected chi connectivity index (χ3v) is 3.37. The summed E-state index contributed by atoms with van der Waals surface area (Å²) >= 11 is 0. The average molecular weight is 212 g/mol. The lowest BCUT2D eigenvalue weighted by Gasteiger charge is -2.26. The van der Waals surface area contributed by atoms with E-state index in [1.165, 1.54) is 0 Å². The van der Waals surface area contributed by atoms with Gasteiger partial charge in [-0.2, -0.15) is 0 Å². The lowest BCUT2D eigenvalue weighted by molar-refractivity contribution is -0.125. The maximum absolute atomic E-state index is 11.8. The molecule has 88 valence electrons. The van der Waals surface area contributed by atoms with Gasteiger partial charge in [0.15, 0.2) is 0 Å². The maximum atomic E-state index is 11.8. The molecular formula is C12H24N2O. The molecule has 0 bridgehead atoms. The van der Waals surface area contributed by atoms with Crippen LogP contribution in [0.2, 0.25) is 0 Å². The van der Waals surface area contributed by atoms with Gasteiger partial charge in [-0.3, -0.25) is 4.79 Å². The number of hydrogen-bond donors (Lipinski definition) is 2. The first-order valence-electron chi connectivity index (χ1n) is 6.03. The number of carbonyl (C=O) groups is 1. The molecule has 15 heavy (non-hydrogen) atoms. The maximum Gasteiger partial charge on any atom is 0.224 e. The minimum Gasteiger partial charge on any atom is -0.355 e. The van der Waals surface area contributed by atoms with Crippen LogP contribution >= 0.6 is 0 Å². The van der Waals surface area contributed by atoms with Gasteiger partial charge in [0, 0.05) is 13.1 Å². The molecule has 0 aromatic rings. The van der Waals surface area contributed by atoms with Crippen LogP contribution in [-0.4, -0.2) is 25.5 Å². The summed E-state index contributed by atoms with van der Waals surface area (Å²) in [5.41, 5.74) is 0.220. The fraction of sp³-hybridized carbons (Fsp3) is 0.917. The first-order chi connectivity index (χ1) is 7.05. The van der Waals surface area contributed by atoms with E-state index in [-0.39, 0.29) is 17.2 Å². The molecule has 3 nitrogen and oxygen atoms in total. The second-order valence-electron chi connectivity index (χ2n) is 5.28. The molecule has 1 fully saturated rings. The molecule has 0 radical (unpaired) electrons. The Morgan fingerprint density at radius 2 is 2.27 bits per heavy atom. The number of nitrogens with one attached hydrogen (secondary N) is 2. The van der Waals surface area contributed by atoms with Crippen LogP contribution in [0.3, 0.4) is 0 Å². The van der Waals surface area contributed by atoms with Crippen molar-refractivity contribution in [2.75, 3.05) is 19.6 Å². The smallest absolute Gasteiger partial charge is 0.224 e. The van der Waals surface area contributed by atoms with E-state index in [4.69, 9.17) is 0 Å². The van der Waals surface area contributed by atoms with Crippen LogP contribution in [0.5, 0.6) is 0 Å². The van der Waals surface area contributed by atoms with Crippen LogP contribution in [0.4, 0.5) is 0 Å². The molecule has 0 aromatic carbocycles. The van der Waals surface area contributed by atoms with Crippen molar-refractivity contribution in [3.63, 3.8) is 0 Å². The Hall–Kier alpha value is -0.570. The summed E-state index contributed by atoms with van der Waals surface area (Å²) in [6.07, 6.45) is 3.25. The SMILES string of the molecule is CCC(C)(C)CNC(=O)[C@@H]1CCCNC1. The van der Waals surface area contributed by atoms with Crippen molar-refractivity contribution in [3.8, 4) is 0 Å². The van der Waals surface area contributed by atoms with Gasteiger partial charge in [-0.05, 0) is 31.2 Å². The molecule has 2 N–H and O–H groups in total. The van der Waals surface area contributed by atoms with Crippen LogP contribution in [0.25, 0.3) is 0 Å². The van der Waals surface area contributed by atoms with Gasteiger partial charge in [0.25, 0.3) is 0 Å². The van der Waals surface area contributed by atoms with E-state index in [0.29, 0.717) is 0 Å². The van der Waals surface area contributed by atoms with Crippen molar-refractivity contribution >= 4 is 5.91 Å². The van der Waals surface area contributed by atoms with Gasteiger partial charge >= 0.3 is 0 Å². The Balaban J connectivity index is 2.28. The number of piperidine rings is 1. The summed E-state index contributed by atoms with van der Waals surface area (Å²) in [5, 5.41) is 6.33. The molecule has 0 aromatic heterocycles. The lowest BCUT2D eigenvalue weighted by Crippen LogP contribution is -2.43. The van der Waals surface area contributed by atoms with Crippen molar-refractivity contribution in [3.05, 3.63) is 0 Å². The summed E-state index contributed by atoms with van der Waals surface area (Å²) in [6.45, 7) is 9.23. The first kappa shape index (κ1) is 12.5. The molecule has 1 rings (SSSR count). The van der Waals surface area contributed by atoms with Crippen molar-refractivity contribution in [2.45, 2.75) is 40.0 Å². The van der Waals surface area contributed by atoms with Gasteiger partial charge in [-0.1, -0.05) is 20.8 Å². The number of hydrogen-bond acceptors (Lipinski definition) is 2. The molecule has 1 aliphatic rings. The topological polar surface area (TPSA) is 41.1 Å². The highest BCUT2D eigenvalue weighted by atomic mass is 16.1. The van der Waals surface area contributed by atoms with Gasteiger partial charge < -0.3 is 10.6 Å². The Morgan fingerprint density at radius 1 is 1.53 bits per heavy atom. The van der Waals surface area contributed by atoms with Crippen LogP contribution in [-0.2, 0) is 4.79 Å². The number of amides is 1. The minimum atomic E-state index is 0.186. The number of rotatable bonds is 4. The van der Waals surface area contributed by atoms with E-state index >= 15 is 0 Å². The van der Waals surface area contributed by atoms with E-state index in [1.54, 1.807) is 0 Å². The Kier molecular flexibility index (Phi) is 4.58. The zero-order valence-electron chi connectivity index (χ0n) is 10.2. The molecule has 1 saturated heterocycles. The van der Waals surface area contributed by atoms with Crippen LogP contribution in [0.1, 0.15) is 40.0 Å². The first-order valence-corrected chi connectivity index (χ1v) is 6.03. The highest BCUT2D eigenvalue weighted by Crippen LogP contribution is 2.18.